The maximum atomic E-state index is 14.0. The summed E-state index contributed by atoms with van der Waals surface area (Å²) in [7, 11) is 1.33. The molecule has 2 rings (SSSR count). The van der Waals surface area contributed by atoms with E-state index < -0.39 is 34.9 Å². The van der Waals surface area contributed by atoms with Gasteiger partial charge in [0.1, 0.15) is 5.82 Å². The summed E-state index contributed by atoms with van der Waals surface area (Å²) in [6, 6.07) is 8.49. The second-order valence-electron chi connectivity index (χ2n) is 5.70. The van der Waals surface area contributed by atoms with Crippen LogP contribution in [-0.2, 0) is 9.59 Å². The molecule has 0 saturated carbocycles. The average Bonchev–Trinajstić information content (AvgIpc) is 2.70. The number of nitro benzene ring substituents is 1. The second kappa shape index (κ2) is 10.2. The minimum atomic E-state index is -0.817. The van der Waals surface area contributed by atoms with E-state index in [0.717, 1.165) is 23.1 Å². The molecule has 0 aliphatic carbocycles. The second-order valence-corrected chi connectivity index (χ2v) is 5.70. The van der Waals surface area contributed by atoms with Crippen LogP contribution in [0, 0.1) is 15.9 Å². The lowest BCUT2D eigenvalue weighted by molar-refractivity contribution is -0.384. The molecule has 0 bridgehead atoms. The highest BCUT2D eigenvalue weighted by atomic mass is 35.5. The van der Waals surface area contributed by atoms with Crippen molar-refractivity contribution in [1.29, 1.82) is 0 Å². The summed E-state index contributed by atoms with van der Waals surface area (Å²) in [4.78, 5) is 47.8. The molecule has 0 heterocycles. The van der Waals surface area contributed by atoms with Crippen molar-refractivity contribution >= 4 is 41.4 Å². The Hall–Kier alpha value is -3.37. The van der Waals surface area contributed by atoms with E-state index in [4.69, 9.17) is 5.73 Å². The van der Waals surface area contributed by atoms with E-state index in [2.05, 4.69) is 5.32 Å². The van der Waals surface area contributed by atoms with Gasteiger partial charge >= 0.3 is 0 Å². The summed E-state index contributed by atoms with van der Waals surface area (Å²) in [6.45, 7) is -0.692. The van der Waals surface area contributed by atoms with Gasteiger partial charge in [-0.3, -0.25) is 24.5 Å². The van der Waals surface area contributed by atoms with Crippen LogP contribution in [0.3, 0.4) is 0 Å². The van der Waals surface area contributed by atoms with Crippen LogP contribution < -0.4 is 16.0 Å². The van der Waals surface area contributed by atoms with Gasteiger partial charge < -0.3 is 16.0 Å². The molecule has 29 heavy (non-hydrogen) atoms. The zero-order valence-electron chi connectivity index (χ0n) is 15.3. The topological polar surface area (TPSA) is 136 Å². The normalized spacial score (nSPS) is 9.90. The van der Waals surface area contributed by atoms with Gasteiger partial charge in [-0.15, -0.1) is 12.4 Å². The molecular formula is C18H18ClFN4O5. The molecule has 0 aliphatic heterocycles. The lowest BCUT2D eigenvalue weighted by Crippen LogP contribution is -2.40. The predicted molar refractivity (Wildman–Crippen MR) is 106 cm³/mol. The minimum absolute atomic E-state index is 0. The van der Waals surface area contributed by atoms with Crippen LogP contribution in [-0.4, -0.2) is 42.7 Å². The van der Waals surface area contributed by atoms with Gasteiger partial charge in [-0.25, -0.2) is 4.39 Å². The fourth-order valence-electron chi connectivity index (χ4n) is 2.40. The van der Waals surface area contributed by atoms with E-state index >= 15 is 0 Å². The lowest BCUT2D eigenvalue weighted by Gasteiger charge is -2.20. The minimum Gasteiger partial charge on any atom is -0.346 e. The van der Waals surface area contributed by atoms with Crippen molar-refractivity contribution in [3.8, 4) is 0 Å². The van der Waals surface area contributed by atoms with Gasteiger partial charge in [0, 0.05) is 19.2 Å². The molecule has 9 nitrogen and oxygen atoms in total. The standard InChI is InChI=1S/C18H17FN4O5.ClH/c1-22(17(25)10-21-16(24)9-20)15-7-6-11(23(27)28)8-13(15)18(26)12-4-2-3-5-14(12)19;/h2-8H,9-10,20H2,1H3,(H,21,24);1H. The van der Waals surface area contributed by atoms with Crippen LogP contribution in [0.25, 0.3) is 0 Å². The van der Waals surface area contributed by atoms with E-state index in [1.165, 1.54) is 31.3 Å². The number of anilines is 1. The van der Waals surface area contributed by atoms with Crippen LogP contribution in [0.1, 0.15) is 15.9 Å². The molecule has 2 amide bonds. The molecule has 0 unspecified atom stereocenters. The van der Waals surface area contributed by atoms with Gasteiger partial charge in [0.25, 0.3) is 5.69 Å². The Balaban J connectivity index is 0.00000420. The van der Waals surface area contributed by atoms with Gasteiger partial charge in [-0.05, 0) is 18.2 Å². The van der Waals surface area contributed by atoms with E-state index in [1.807, 2.05) is 0 Å². The van der Waals surface area contributed by atoms with Crippen molar-refractivity contribution in [3.05, 3.63) is 69.5 Å². The molecule has 0 aliphatic rings. The molecule has 154 valence electrons. The fraction of sp³-hybridized carbons (Fsp3) is 0.167. The highest BCUT2D eigenvalue weighted by Crippen LogP contribution is 2.28. The summed E-state index contributed by atoms with van der Waals surface area (Å²) in [6.07, 6.45) is 0. The maximum Gasteiger partial charge on any atom is 0.270 e. The predicted octanol–water partition coefficient (Wildman–Crippen LogP) is 1.42. The number of rotatable bonds is 7. The smallest absolute Gasteiger partial charge is 0.270 e. The number of non-ortho nitro benzene ring substituents is 1. The van der Waals surface area contributed by atoms with Crippen LogP contribution in [0.5, 0.6) is 0 Å². The van der Waals surface area contributed by atoms with Crippen molar-refractivity contribution in [2.24, 2.45) is 5.73 Å². The number of carbonyl (C=O) groups is 3. The number of ketones is 1. The van der Waals surface area contributed by atoms with E-state index in [0.29, 0.717) is 0 Å². The first-order valence-corrected chi connectivity index (χ1v) is 8.07. The van der Waals surface area contributed by atoms with Crippen LogP contribution >= 0.6 is 12.4 Å². The molecule has 0 spiro atoms. The van der Waals surface area contributed by atoms with Gasteiger partial charge in [-0.1, -0.05) is 12.1 Å². The molecule has 2 aromatic carbocycles. The number of nitrogens with one attached hydrogen (secondary N) is 1. The number of nitro groups is 1. The SMILES string of the molecule is CN(C(=O)CNC(=O)CN)c1ccc([N+](=O)[O-])cc1C(=O)c1ccccc1F.Cl. The maximum absolute atomic E-state index is 14.0. The number of amides is 2. The first-order chi connectivity index (χ1) is 13.3. The molecule has 0 saturated heterocycles. The third kappa shape index (κ3) is 5.56. The number of halogens is 2. The Kier molecular flexibility index (Phi) is 8.37. The lowest BCUT2D eigenvalue weighted by atomic mass is 10.00. The first-order valence-electron chi connectivity index (χ1n) is 8.07. The summed E-state index contributed by atoms with van der Waals surface area (Å²) in [5.41, 5.74) is 4.28. The Morgan fingerprint density at radius 3 is 2.41 bits per heavy atom. The molecule has 11 heteroatoms. The Morgan fingerprint density at radius 1 is 1.17 bits per heavy atom. The van der Waals surface area contributed by atoms with E-state index in [1.54, 1.807) is 0 Å². The largest absolute Gasteiger partial charge is 0.346 e. The van der Waals surface area contributed by atoms with Gasteiger partial charge in [-0.2, -0.15) is 0 Å². The van der Waals surface area contributed by atoms with Gasteiger partial charge in [0.05, 0.1) is 34.8 Å². The zero-order chi connectivity index (χ0) is 20.8. The first kappa shape index (κ1) is 23.7. The van der Waals surface area contributed by atoms with Crippen molar-refractivity contribution in [2.45, 2.75) is 0 Å². The number of hydrogen-bond acceptors (Lipinski definition) is 6. The monoisotopic (exact) mass is 424 g/mol. The molecule has 0 atom stereocenters. The molecule has 3 N–H and O–H groups in total. The van der Waals surface area contributed by atoms with Gasteiger partial charge in [0.2, 0.25) is 11.8 Å². The molecule has 0 radical (unpaired) electrons. The van der Waals surface area contributed by atoms with Crippen molar-refractivity contribution in [1.82, 2.24) is 5.32 Å². The average molecular weight is 425 g/mol. The van der Waals surface area contributed by atoms with Crippen molar-refractivity contribution in [2.75, 3.05) is 25.0 Å². The number of likely N-dealkylation sites (N-methyl/N-ethyl adjacent to an activating group) is 1. The fourth-order valence-corrected chi connectivity index (χ4v) is 2.40. The summed E-state index contributed by atoms with van der Waals surface area (Å²) < 4.78 is 14.0. The number of nitrogens with two attached hydrogens (primary N) is 1. The van der Waals surface area contributed by atoms with E-state index in [9.17, 15) is 28.9 Å². The van der Waals surface area contributed by atoms with Crippen LogP contribution in [0.4, 0.5) is 15.8 Å². The Bertz CT molecular complexity index is 954. The number of benzene rings is 2. The summed E-state index contributed by atoms with van der Waals surface area (Å²) in [5, 5.41) is 13.4. The number of carbonyl (C=O) groups excluding carboxylic acids is 3. The summed E-state index contributed by atoms with van der Waals surface area (Å²) in [5.74, 6) is -2.76. The molecule has 2 aromatic rings. The molecule has 0 fully saturated rings. The van der Waals surface area contributed by atoms with Crippen molar-refractivity contribution < 1.29 is 23.7 Å². The van der Waals surface area contributed by atoms with Gasteiger partial charge in [0.15, 0.2) is 5.78 Å². The third-order valence-electron chi connectivity index (χ3n) is 3.91. The Morgan fingerprint density at radius 2 is 1.83 bits per heavy atom. The zero-order valence-corrected chi connectivity index (χ0v) is 16.1. The number of hydrogen-bond donors (Lipinski definition) is 2. The summed E-state index contributed by atoms with van der Waals surface area (Å²) >= 11 is 0. The number of nitrogens with zero attached hydrogens (tertiary/aromatic N) is 2. The van der Waals surface area contributed by atoms with Crippen molar-refractivity contribution in [3.63, 3.8) is 0 Å². The quantitative estimate of drug-likeness (QED) is 0.392. The van der Waals surface area contributed by atoms with Crippen LogP contribution in [0.2, 0.25) is 0 Å². The molecular weight excluding hydrogens is 407 g/mol. The highest BCUT2D eigenvalue weighted by molar-refractivity contribution is 6.14. The van der Waals surface area contributed by atoms with E-state index in [-0.39, 0.29) is 41.5 Å². The molecule has 0 aromatic heterocycles. The highest BCUT2D eigenvalue weighted by Gasteiger charge is 2.24. The third-order valence-corrected chi connectivity index (χ3v) is 3.91. The Labute approximate surface area is 171 Å². The van der Waals surface area contributed by atoms with Crippen LogP contribution in [0.15, 0.2) is 42.5 Å².